The van der Waals surface area contributed by atoms with Crippen molar-refractivity contribution in [2.45, 2.75) is 6.61 Å². The maximum atomic E-state index is 10.2. The Balaban J connectivity index is 2.87. The first kappa shape index (κ1) is 7.63. The van der Waals surface area contributed by atoms with Crippen LogP contribution in [0.15, 0.2) is 6.20 Å². The molecule has 1 rings (SSSR count). The molecule has 1 aromatic heterocycles. The topological polar surface area (TPSA) is 107 Å². The highest BCUT2D eigenvalue weighted by atomic mass is 16.6. The van der Waals surface area contributed by atoms with E-state index < -0.39 is 4.92 Å². The Kier molecular flexibility index (Phi) is 2.14. The Morgan fingerprint density at radius 2 is 2.64 bits per heavy atom. The first-order valence-electron chi connectivity index (χ1n) is 2.74. The summed E-state index contributed by atoms with van der Waals surface area (Å²) in [6.07, 6.45) is 1.11. The molecule has 0 aromatic carbocycles. The zero-order chi connectivity index (χ0) is 8.27. The van der Waals surface area contributed by atoms with Gasteiger partial charge in [0.2, 0.25) is 0 Å². The van der Waals surface area contributed by atoms with Crippen molar-refractivity contribution in [3.63, 3.8) is 0 Å². The molecule has 0 radical (unpaired) electrons. The second-order valence-corrected chi connectivity index (χ2v) is 1.80. The molecule has 3 N–H and O–H groups in total. The molecule has 7 nitrogen and oxygen atoms in total. The van der Waals surface area contributed by atoms with Gasteiger partial charge in [0.15, 0.2) is 0 Å². The van der Waals surface area contributed by atoms with E-state index in [9.17, 15) is 10.1 Å². The van der Waals surface area contributed by atoms with Crippen molar-refractivity contribution in [3.05, 3.63) is 22.0 Å². The van der Waals surface area contributed by atoms with Gasteiger partial charge in [0.25, 0.3) is 0 Å². The van der Waals surface area contributed by atoms with Crippen LogP contribution in [0.4, 0.5) is 5.69 Å². The van der Waals surface area contributed by atoms with Crippen LogP contribution in [0.25, 0.3) is 0 Å². The zero-order valence-electron chi connectivity index (χ0n) is 5.48. The Morgan fingerprint density at radius 3 is 3.18 bits per heavy atom. The molecule has 0 aliphatic heterocycles. The first-order chi connectivity index (χ1) is 5.25. The van der Waals surface area contributed by atoms with Crippen molar-refractivity contribution in [1.29, 1.82) is 0 Å². The van der Waals surface area contributed by atoms with Crippen molar-refractivity contribution in [3.8, 4) is 0 Å². The van der Waals surface area contributed by atoms with E-state index >= 15 is 0 Å². The number of nitro groups is 1. The summed E-state index contributed by atoms with van der Waals surface area (Å²) >= 11 is 0. The monoisotopic (exact) mass is 158 g/mol. The van der Waals surface area contributed by atoms with E-state index in [4.69, 9.17) is 5.90 Å². The molecular formula is C4H6N4O3. The lowest BCUT2D eigenvalue weighted by atomic mass is 10.4. The minimum absolute atomic E-state index is 0.0453. The van der Waals surface area contributed by atoms with E-state index in [0.717, 1.165) is 6.20 Å². The second kappa shape index (κ2) is 3.08. The minimum Gasteiger partial charge on any atom is -0.298 e. The van der Waals surface area contributed by atoms with E-state index in [0.29, 0.717) is 0 Å². The summed E-state index contributed by atoms with van der Waals surface area (Å²) in [5.74, 6) is 4.72. The van der Waals surface area contributed by atoms with Gasteiger partial charge in [0, 0.05) is 0 Å². The fourth-order valence-corrected chi connectivity index (χ4v) is 0.653. The Labute approximate surface area is 61.3 Å². The summed E-state index contributed by atoms with van der Waals surface area (Å²) in [7, 11) is 0. The van der Waals surface area contributed by atoms with Crippen molar-refractivity contribution < 1.29 is 9.76 Å². The number of H-pyrrole nitrogens is 1. The van der Waals surface area contributed by atoms with E-state index in [2.05, 4.69) is 15.0 Å². The highest BCUT2D eigenvalue weighted by Gasteiger charge is 2.14. The predicted molar refractivity (Wildman–Crippen MR) is 34.2 cm³/mol. The van der Waals surface area contributed by atoms with Gasteiger partial charge in [-0.05, 0) is 0 Å². The summed E-state index contributed by atoms with van der Waals surface area (Å²) in [5.41, 5.74) is 0.146. The standard InChI is InChI=1S/C4H6N4O3/c5-11-2-3-4(8(9)10)1-6-7-3/h1H,2,5H2,(H,6,7). The van der Waals surface area contributed by atoms with Crippen LogP contribution in [0.1, 0.15) is 5.69 Å². The summed E-state index contributed by atoms with van der Waals surface area (Å²) in [6, 6.07) is 0. The number of aromatic amines is 1. The largest absolute Gasteiger partial charge is 0.312 e. The smallest absolute Gasteiger partial charge is 0.298 e. The molecule has 0 aliphatic rings. The van der Waals surface area contributed by atoms with Gasteiger partial charge in [-0.3, -0.25) is 20.1 Å². The molecule has 0 atom stereocenters. The Hall–Kier alpha value is -1.47. The third-order valence-electron chi connectivity index (χ3n) is 1.12. The van der Waals surface area contributed by atoms with Gasteiger partial charge < -0.3 is 0 Å². The van der Waals surface area contributed by atoms with Crippen LogP contribution < -0.4 is 5.90 Å². The van der Waals surface area contributed by atoms with Crippen LogP contribution in [0.2, 0.25) is 0 Å². The van der Waals surface area contributed by atoms with Gasteiger partial charge in [-0.25, -0.2) is 5.90 Å². The SMILES string of the molecule is NOCc1[nH]ncc1[N+](=O)[O-]. The zero-order valence-corrected chi connectivity index (χ0v) is 5.48. The van der Waals surface area contributed by atoms with Gasteiger partial charge in [0.1, 0.15) is 18.5 Å². The molecule has 0 aliphatic carbocycles. The molecule has 0 saturated heterocycles. The van der Waals surface area contributed by atoms with E-state index in [1.54, 1.807) is 0 Å². The molecule has 1 aromatic rings. The van der Waals surface area contributed by atoms with Gasteiger partial charge in [-0.15, -0.1) is 0 Å². The highest BCUT2D eigenvalue weighted by molar-refractivity contribution is 5.30. The molecule has 1 heterocycles. The normalized spacial score (nSPS) is 9.91. The molecule has 7 heteroatoms. The first-order valence-corrected chi connectivity index (χ1v) is 2.74. The van der Waals surface area contributed by atoms with E-state index in [-0.39, 0.29) is 18.0 Å². The number of hydrogen-bond acceptors (Lipinski definition) is 5. The summed E-state index contributed by atoms with van der Waals surface area (Å²) in [6.45, 7) is -0.0453. The van der Waals surface area contributed by atoms with Crippen LogP contribution in [-0.2, 0) is 11.4 Å². The molecular weight excluding hydrogens is 152 g/mol. The maximum absolute atomic E-state index is 10.2. The lowest BCUT2D eigenvalue weighted by Crippen LogP contribution is -2.01. The van der Waals surface area contributed by atoms with Gasteiger partial charge >= 0.3 is 5.69 Å². The maximum Gasteiger partial charge on any atom is 0.312 e. The second-order valence-electron chi connectivity index (χ2n) is 1.80. The number of rotatable bonds is 3. The molecule has 0 bridgehead atoms. The van der Waals surface area contributed by atoms with Gasteiger partial charge in [-0.2, -0.15) is 5.10 Å². The van der Waals surface area contributed by atoms with Crippen LogP contribution in [0.3, 0.4) is 0 Å². The van der Waals surface area contributed by atoms with Crippen molar-refractivity contribution in [2.24, 2.45) is 5.90 Å². The number of hydrogen-bond donors (Lipinski definition) is 2. The molecule has 0 fully saturated rings. The third kappa shape index (κ3) is 1.51. The Bertz CT molecular complexity index is 258. The number of nitrogens with zero attached hydrogens (tertiary/aromatic N) is 2. The molecule has 0 unspecified atom stereocenters. The number of nitrogens with one attached hydrogen (secondary N) is 1. The molecule has 0 saturated carbocycles. The fraction of sp³-hybridized carbons (Fsp3) is 0.250. The van der Waals surface area contributed by atoms with E-state index in [1.807, 2.05) is 0 Å². The van der Waals surface area contributed by atoms with Crippen LogP contribution in [0, 0.1) is 10.1 Å². The number of aromatic nitrogens is 2. The lowest BCUT2D eigenvalue weighted by molar-refractivity contribution is -0.386. The Morgan fingerprint density at radius 1 is 1.91 bits per heavy atom. The van der Waals surface area contributed by atoms with Crippen molar-refractivity contribution >= 4 is 5.69 Å². The molecule has 0 amide bonds. The minimum atomic E-state index is -0.558. The van der Waals surface area contributed by atoms with Crippen molar-refractivity contribution in [1.82, 2.24) is 10.2 Å². The van der Waals surface area contributed by atoms with Crippen LogP contribution >= 0.6 is 0 Å². The lowest BCUT2D eigenvalue weighted by Gasteiger charge is -1.91. The average molecular weight is 158 g/mol. The predicted octanol–water partition coefficient (Wildman–Crippen LogP) is -0.292. The van der Waals surface area contributed by atoms with Crippen LogP contribution in [0.5, 0.6) is 0 Å². The average Bonchev–Trinajstić information content (AvgIpc) is 2.36. The highest BCUT2D eigenvalue weighted by Crippen LogP contribution is 2.13. The fourth-order valence-electron chi connectivity index (χ4n) is 0.653. The summed E-state index contributed by atoms with van der Waals surface area (Å²) in [5, 5.41) is 16.1. The van der Waals surface area contributed by atoms with Gasteiger partial charge in [0.05, 0.1) is 4.92 Å². The van der Waals surface area contributed by atoms with Gasteiger partial charge in [-0.1, -0.05) is 0 Å². The summed E-state index contributed by atoms with van der Waals surface area (Å²) in [4.78, 5) is 13.9. The molecule has 60 valence electrons. The third-order valence-corrected chi connectivity index (χ3v) is 1.12. The van der Waals surface area contributed by atoms with E-state index in [1.165, 1.54) is 0 Å². The molecule has 0 spiro atoms. The van der Waals surface area contributed by atoms with Crippen molar-refractivity contribution in [2.75, 3.05) is 0 Å². The van der Waals surface area contributed by atoms with Crippen LogP contribution in [-0.4, -0.2) is 15.1 Å². The quantitative estimate of drug-likeness (QED) is 0.464. The molecule has 11 heavy (non-hydrogen) atoms. The number of nitrogens with two attached hydrogens (primary N) is 1. The summed E-state index contributed by atoms with van der Waals surface area (Å²) < 4.78 is 0.